The van der Waals surface area contributed by atoms with E-state index in [1.165, 1.54) is 4.31 Å². The molecule has 0 bridgehead atoms. The van der Waals surface area contributed by atoms with E-state index in [9.17, 15) is 8.42 Å². The topological polar surface area (TPSA) is 49.4 Å². The van der Waals surface area contributed by atoms with Crippen molar-refractivity contribution in [1.82, 2.24) is 9.62 Å². The maximum Gasteiger partial charge on any atom is 0.244 e. The lowest BCUT2D eigenvalue weighted by molar-refractivity contribution is 0.382. The van der Waals surface area contributed by atoms with Gasteiger partial charge in [0.1, 0.15) is 0 Å². The number of nitrogens with one attached hydrogen (secondary N) is 1. The Morgan fingerprint density at radius 1 is 1.43 bits per heavy atom. The smallest absolute Gasteiger partial charge is 0.244 e. The summed E-state index contributed by atoms with van der Waals surface area (Å²) in [5.74, 6) is 0.946. The van der Waals surface area contributed by atoms with Crippen LogP contribution in [0.4, 0.5) is 0 Å². The molecule has 4 nitrogen and oxygen atoms in total. The minimum atomic E-state index is -3.49. The predicted molar refractivity (Wildman–Crippen MR) is 94.3 cm³/mol. The quantitative estimate of drug-likeness (QED) is 0.736. The zero-order valence-corrected chi connectivity index (χ0v) is 16.1. The maximum absolute atomic E-state index is 12.8. The monoisotopic (exact) mass is 394 g/mol. The Labute approximate surface area is 140 Å². The van der Waals surface area contributed by atoms with Crippen LogP contribution in [0, 0.1) is 0 Å². The van der Waals surface area contributed by atoms with Gasteiger partial charge in [-0.25, -0.2) is 8.42 Å². The van der Waals surface area contributed by atoms with Gasteiger partial charge >= 0.3 is 0 Å². The minimum absolute atomic E-state index is 0.0256. The first kappa shape index (κ1) is 19.0. The van der Waals surface area contributed by atoms with Crippen molar-refractivity contribution in [3.8, 4) is 0 Å². The Balaban J connectivity index is 3.08. The van der Waals surface area contributed by atoms with E-state index in [4.69, 9.17) is 0 Å². The van der Waals surface area contributed by atoms with E-state index in [2.05, 4.69) is 21.2 Å². The van der Waals surface area contributed by atoms with Crippen molar-refractivity contribution in [2.45, 2.75) is 30.8 Å². The molecule has 0 radical (unpaired) electrons. The van der Waals surface area contributed by atoms with Crippen LogP contribution in [0.2, 0.25) is 0 Å². The van der Waals surface area contributed by atoms with E-state index in [-0.39, 0.29) is 6.04 Å². The summed E-state index contributed by atoms with van der Waals surface area (Å²) in [5, 5.41) is 3.04. The van der Waals surface area contributed by atoms with Crippen molar-refractivity contribution in [3.63, 3.8) is 0 Å². The van der Waals surface area contributed by atoms with Gasteiger partial charge in [-0.1, -0.05) is 6.07 Å². The van der Waals surface area contributed by atoms with Crippen LogP contribution in [-0.4, -0.2) is 44.9 Å². The molecule has 1 N–H and O–H groups in total. The van der Waals surface area contributed by atoms with Gasteiger partial charge in [0, 0.05) is 24.1 Å². The van der Waals surface area contributed by atoms with E-state index >= 15 is 0 Å². The first-order valence-electron chi connectivity index (χ1n) is 6.74. The zero-order valence-electron chi connectivity index (χ0n) is 12.9. The predicted octanol–water partition coefficient (Wildman–Crippen LogP) is 2.93. The summed E-state index contributed by atoms with van der Waals surface area (Å²) < 4.78 is 27.6. The fourth-order valence-electron chi connectivity index (χ4n) is 1.92. The van der Waals surface area contributed by atoms with Crippen LogP contribution in [0.5, 0.6) is 0 Å². The Morgan fingerprint density at radius 2 is 2.10 bits per heavy atom. The van der Waals surface area contributed by atoms with E-state index in [0.717, 1.165) is 17.7 Å². The molecule has 0 aromatic heterocycles. The average Bonchev–Trinajstić information content (AvgIpc) is 2.45. The van der Waals surface area contributed by atoms with Crippen LogP contribution >= 0.6 is 27.7 Å². The Hall–Kier alpha value is -0.0800. The summed E-state index contributed by atoms with van der Waals surface area (Å²) in [7, 11) is -0.000280. The molecule has 1 aromatic rings. The van der Waals surface area contributed by atoms with Crippen molar-refractivity contribution >= 4 is 37.7 Å². The molecule has 0 saturated heterocycles. The van der Waals surface area contributed by atoms with Crippen LogP contribution in [-0.2, 0) is 16.6 Å². The highest BCUT2D eigenvalue weighted by Crippen LogP contribution is 2.27. The Morgan fingerprint density at radius 3 is 2.67 bits per heavy atom. The fraction of sp³-hybridized carbons (Fsp3) is 0.571. The van der Waals surface area contributed by atoms with Gasteiger partial charge in [-0.05, 0) is 66.0 Å². The summed E-state index contributed by atoms with van der Waals surface area (Å²) >= 11 is 5.08. The lowest BCUT2D eigenvalue weighted by atomic mass is 10.2. The summed E-state index contributed by atoms with van der Waals surface area (Å²) in [4.78, 5) is 0.328. The number of hydrogen-bond acceptors (Lipinski definition) is 4. The largest absolute Gasteiger partial charge is 0.316 e. The molecule has 0 aliphatic heterocycles. The molecule has 7 heteroatoms. The third-order valence-electron chi connectivity index (χ3n) is 3.39. The number of rotatable bonds is 8. The van der Waals surface area contributed by atoms with Crippen LogP contribution in [0.25, 0.3) is 0 Å². The Bertz CT molecular complexity index is 564. The maximum atomic E-state index is 12.8. The van der Waals surface area contributed by atoms with Crippen molar-refractivity contribution in [2.75, 3.05) is 26.1 Å². The van der Waals surface area contributed by atoms with E-state index in [1.54, 1.807) is 30.9 Å². The average molecular weight is 395 g/mol. The first-order valence-corrected chi connectivity index (χ1v) is 10.4. The van der Waals surface area contributed by atoms with Gasteiger partial charge in [0.25, 0.3) is 0 Å². The van der Waals surface area contributed by atoms with Crippen molar-refractivity contribution in [2.24, 2.45) is 0 Å². The second-order valence-corrected chi connectivity index (χ2v) is 8.75. The fourth-order valence-corrected chi connectivity index (χ4v) is 4.86. The summed E-state index contributed by atoms with van der Waals surface area (Å²) in [6.07, 6.45) is 2.86. The second kappa shape index (κ2) is 8.53. The molecule has 0 fully saturated rings. The highest BCUT2D eigenvalue weighted by molar-refractivity contribution is 9.10. The van der Waals surface area contributed by atoms with Gasteiger partial charge in [0.2, 0.25) is 10.0 Å². The van der Waals surface area contributed by atoms with Crippen molar-refractivity contribution in [1.29, 1.82) is 0 Å². The van der Waals surface area contributed by atoms with Gasteiger partial charge in [0.05, 0.1) is 4.90 Å². The molecule has 1 aromatic carbocycles. The number of sulfonamides is 1. The molecular weight excluding hydrogens is 372 g/mol. The van der Waals surface area contributed by atoms with Crippen molar-refractivity contribution in [3.05, 3.63) is 28.2 Å². The lowest BCUT2D eigenvalue weighted by Gasteiger charge is -2.25. The molecule has 21 heavy (non-hydrogen) atoms. The van der Waals surface area contributed by atoms with E-state index in [1.807, 2.05) is 26.3 Å². The van der Waals surface area contributed by atoms with Crippen LogP contribution in [0.15, 0.2) is 27.6 Å². The Kier molecular flexibility index (Phi) is 7.70. The molecule has 120 valence electrons. The first-order chi connectivity index (χ1) is 9.84. The molecule has 1 atom stereocenters. The normalized spacial score (nSPS) is 13.6. The molecule has 0 saturated carbocycles. The highest BCUT2D eigenvalue weighted by Gasteiger charge is 2.27. The molecule has 0 aliphatic rings. The van der Waals surface area contributed by atoms with E-state index < -0.39 is 10.0 Å². The molecule has 0 heterocycles. The van der Waals surface area contributed by atoms with Gasteiger partial charge in [-0.3, -0.25) is 0 Å². The van der Waals surface area contributed by atoms with Gasteiger partial charge in [-0.15, -0.1) is 0 Å². The number of halogens is 1. The molecule has 0 aliphatic carbocycles. The number of thioether (sulfide) groups is 1. The summed E-state index contributed by atoms with van der Waals surface area (Å²) in [6.45, 7) is 2.58. The molecule has 1 unspecified atom stereocenters. The van der Waals surface area contributed by atoms with Gasteiger partial charge < -0.3 is 5.32 Å². The summed E-state index contributed by atoms with van der Waals surface area (Å²) in [6, 6.07) is 5.41. The highest BCUT2D eigenvalue weighted by atomic mass is 79.9. The van der Waals surface area contributed by atoms with Gasteiger partial charge in [-0.2, -0.15) is 16.1 Å². The van der Waals surface area contributed by atoms with Crippen LogP contribution < -0.4 is 5.32 Å². The SMILES string of the molecule is CNCc1ccc(Br)c(S(=O)(=O)N(C)C(C)CCSC)c1. The third kappa shape index (κ3) is 4.96. The summed E-state index contributed by atoms with van der Waals surface area (Å²) in [5.41, 5.74) is 0.949. The minimum Gasteiger partial charge on any atom is -0.316 e. The number of nitrogens with zero attached hydrogens (tertiary/aromatic N) is 1. The van der Waals surface area contributed by atoms with Crippen LogP contribution in [0.1, 0.15) is 18.9 Å². The molecule has 0 spiro atoms. The van der Waals surface area contributed by atoms with Gasteiger partial charge in [0.15, 0.2) is 0 Å². The second-order valence-electron chi connectivity index (χ2n) is 4.95. The van der Waals surface area contributed by atoms with E-state index in [0.29, 0.717) is 15.9 Å². The molecular formula is C14H23BrN2O2S2. The van der Waals surface area contributed by atoms with Crippen LogP contribution in [0.3, 0.4) is 0 Å². The standard InChI is InChI=1S/C14H23BrN2O2S2/c1-11(7-8-20-4)17(3)21(18,19)14-9-12(10-16-2)5-6-13(14)15/h5-6,9,11,16H,7-8,10H2,1-4H3. The third-order valence-corrected chi connectivity index (χ3v) is 7.00. The van der Waals surface area contributed by atoms with Crippen molar-refractivity contribution < 1.29 is 8.42 Å². The molecule has 0 amide bonds. The molecule has 1 rings (SSSR count). The zero-order chi connectivity index (χ0) is 16.0. The number of hydrogen-bond donors (Lipinski definition) is 1. The number of benzene rings is 1. The lowest BCUT2D eigenvalue weighted by Crippen LogP contribution is -2.35.